The van der Waals surface area contributed by atoms with Crippen molar-refractivity contribution < 1.29 is 4.43 Å². The molecule has 2 N–H and O–H groups in total. The van der Waals surface area contributed by atoms with Gasteiger partial charge in [0, 0.05) is 37.4 Å². The number of nitrogens with two attached hydrogens (primary N) is 1. The first-order valence-corrected chi connectivity index (χ1v) is 16.0. The fraction of sp³-hybridized carbons (Fsp3) is 0.615. The molecule has 0 amide bonds. The van der Waals surface area contributed by atoms with Crippen LogP contribution in [0.25, 0.3) is 0 Å². The van der Waals surface area contributed by atoms with Crippen molar-refractivity contribution >= 4 is 25.3 Å². The molecule has 1 aromatic heterocycles. The molecule has 1 atom stereocenters. The first-order chi connectivity index (χ1) is 15.1. The number of nitrogens with zero attached hydrogens (tertiary/aromatic N) is 2. The van der Waals surface area contributed by atoms with Crippen molar-refractivity contribution in [2.45, 2.75) is 83.7 Å². The highest BCUT2D eigenvalue weighted by molar-refractivity contribution is 7.07. The first-order valence-electron chi connectivity index (χ1n) is 12.1. The van der Waals surface area contributed by atoms with E-state index < -0.39 is 8.32 Å². The predicted octanol–water partition coefficient (Wildman–Crippen LogP) is 6.34. The molecule has 1 aliphatic heterocycles. The summed E-state index contributed by atoms with van der Waals surface area (Å²) in [6, 6.07) is 12.3. The van der Waals surface area contributed by atoms with Crippen LogP contribution in [0.5, 0.6) is 5.75 Å². The number of piperidine rings is 1. The van der Waals surface area contributed by atoms with Gasteiger partial charge in [0.25, 0.3) is 0 Å². The van der Waals surface area contributed by atoms with Gasteiger partial charge in [-0.25, -0.2) is 0 Å². The summed E-state index contributed by atoms with van der Waals surface area (Å²) >= 11 is 1.78. The largest absolute Gasteiger partial charge is 0.544 e. The summed E-state index contributed by atoms with van der Waals surface area (Å²) in [5, 5.41) is 4.66. The van der Waals surface area contributed by atoms with E-state index in [-0.39, 0.29) is 5.04 Å². The molecule has 1 aliphatic rings. The average molecular weight is 474 g/mol. The van der Waals surface area contributed by atoms with Crippen LogP contribution in [0.15, 0.2) is 41.1 Å². The standard InChI is InChI=1S/C26H43N3OSSi/c1-21(11-15-27)28-16-12-24(13-17-28)29(19-22-14-18-31-20-22)23-7-9-25(10-8-23)30-32(5,6)26(2,3)4/h7-10,14,18,20-21,24H,11-13,15-17,19,27H2,1-6H3/t21-/m1/s1. The van der Waals surface area contributed by atoms with Gasteiger partial charge in [0.1, 0.15) is 5.75 Å². The summed E-state index contributed by atoms with van der Waals surface area (Å²) in [5.41, 5.74) is 8.49. The highest BCUT2D eigenvalue weighted by atomic mass is 32.1. The summed E-state index contributed by atoms with van der Waals surface area (Å²) in [6.45, 7) is 17.8. The lowest BCUT2D eigenvalue weighted by atomic mass is 9.99. The predicted molar refractivity (Wildman–Crippen MR) is 142 cm³/mol. The number of hydrogen-bond acceptors (Lipinski definition) is 5. The van der Waals surface area contributed by atoms with Crippen molar-refractivity contribution in [3.8, 4) is 5.75 Å². The Morgan fingerprint density at radius 2 is 1.81 bits per heavy atom. The SMILES string of the molecule is C[C@H](CCN)N1CCC(N(Cc2ccsc2)c2ccc(O[Si](C)(C)C(C)(C)C)cc2)CC1. The lowest BCUT2D eigenvalue weighted by Gasteiger charge is -2.42. The van der Waals surface area contributed by atoms with Crippen LogP contribution in [-0.2, 0) is 6.54 Å². The Kier molecular flexibility index (Phi) is 8.47. The minimum Gasteiger partial charge on any atom is -0.544 e. The Morgan fingerprint density at radius 3 is 2.34 bits per heavy atom. The van der Waals surface area contributed by atoms with Crippen LogP contribution >= 0.6 is 11.3 Å². The third kappa shape index (κ3) is 6.37. The molecular weight excluding hydrogens is 430 g/mol. The Hall–Kier alpha value is -1.34. The molecule has 1 fully saturated rings. The van der Waals surface area contributed by atoms with E-state index in [1.807, 2.05) is 0 Å². The third-order valence-corrected chi connectivity index (χ3v) is 12.5. The molecule has 2 heterocycles. The van der Waals surface area contributed by atoms with Gasteiger partial charge in [0.15, 0.2) is 0 Å². The van der Waals surface area contributed by atoms with E-state index in [9.17, 15) is 0 Å². The summed E-state index contributed by atoms with van der Waals surface area (Å²) in [4.78, 5) is 5.23. The topological polar surface area (TPSA) is 41.7 Å². The van der Waals surface area contributed by atoms with Gasteiger partial charge in [-0.1, -0.05) is 20.8 Å². The highest BCUT2D eigenvalue weighted by Gasteiger charge is 2.39. The van der Waals surface area contributed by atoms with Gasteiger partial charge < -0.3 is 20.0 Å². The Morgan fingerprint density at radius 1 is 1.16 bits per heavy atom. The van der Waals surface area contributed by atoms with E-state index in [2.05, 4.69) is 91.7 Å². The zero-order valence-electron chi connectivity index (χ0n) is 20.9. The van der Waals surface area contributed by atoms with E-state index in [0.717, 1.165) is 38.3 Å². The van der Waals surface area contributed by atoms with Gasteiger partial charge in [0.05, 0.1) is 0 Å². The zero-order valence-corrected chi connectivity index (χ0v) is 22.8. The van der Waals surface area contributed by atoms with Crippen molar-refractivity contribution in [1.29, 1.82) is 0 Å². The minimum atomic E-state index is -1.83. The molecule has 6 heteroatoms. The van der Waals surface area contributed by atoms with Crippen molar-refractivity contribution in [3.05, 3.63) is 46.7 Å². The zero-order chi connectivity index (χ0) is 23.4. The number of anilines is 1. The lowest BCUT2D eigenvalue weighted by molar-refractivity contribution is 0.154. The Labute approximate surface area is 200 Å². The smallest absolute Gasteiger partial charge is 0.250 e. The van der Waals surface area contributed by atoms with Crippen LogP contribution < -0.4 is 15.1 Å². The maximum Gasteiger partial charge on any atom is 0.250 e. The van der Waals surface area contributed by atoms with E-state index in [0.29, 0.717) is 12.1 Å². The summed E-state index contributed by atoms with van der Waals surface area (Å²) in [6.07, 6.45) is 3.47. The van der Waals surface area contributed by atoms with E-state index in [1.54, 1.807) is 11.3 Å². The number of rotatable bonds is 9. The number of thiophene rings is 1. The molecule has 4 nitrogen and oxygen atoms in total. The number of benzene rings is 1. The van der Waals surface area contributed by atoms with Gasteiger partial charge in [-0.3, -0.25) is 0 Å². The van der Waals surface area contributed by atoms with Crippen molar-refractivity contribution in [3.63, 3.8) is 0 Å². The second-order valence-corrected chi connectivity index (χ2v) is 16.3. The van der Waals surface area contributed by atoms with E-state index >= 15 is 0 Å². The van der Waals surface area contributed by atoms with Crippen molar-refractivity contribution in [1.82, 2.24) is 4.90 Å². The van der Waals surface area contributed by atoms with Crippen LogP contribution in [-0.4, -0.2) is 44.9 Å². The number of likely N-dealkylation sites (tertiary alicyclic amines) is 1. The quantitative estimate of drug-likeness (QED) is 0.431. The van der Waals surface area contributed by atoms with Gasteiger partial charge in [-0.15, -0.1) is 0 Å². The highest BCUT2D eigenvalue weighted by Crippen LogP contribution is 2.38. The summed E-state index contributed by atoms with van der Waals surface area (Å²) in [7, 11) is -1.83. The molecule has 178 valence electrons. The normalized spacial score (nSPS) is 17.3. The van der Waals surface area contributed by atoms with Crippen LogP contribution in [0.1, 0.15) is 52.5 Å². The Balaban J connectivity index is 1.73. The second kappa shape index (κ2) is 10.7. The molecule has 1 saturated heterocycles. The van der Waals surface area contributed by atoms with Crippen molar-refractivity contribution in [2.24, 2.45) is 5.73 Å². The van der Waals surface area contributed by atoms with Gasteiger partial charge in [0.2, 0.25) is 8.32 Å². The molecule has 0 unspecified atom stereocenters. The monoisotopic (exact) mass is 473 g/mol. The number of hydrogen-bond donors (Lipinski definition) is 1. The molecule has 3 rings (SSSR count). The molecular formula is C26H43N3OSSi. The molecule has 1 aromatic carbocycles. The average Bonchev–Trinajstić information content (AvgIpc) is 3.25. The second-order valence-electron chi connectivity index (χ2n) is 10.8. The molecule has 0 bridgehead atoms. The fourth-order valence-electron chi connectivity index (χ4n) is 4.23. The van der Waals surface area contributed by atoms with Gasteiger partial charge >= 0.3 is 0 Å². The van der Waals surface area contributed by atoms with Crippen molar-refractivity contribution in [2.75, 3.05) is 24.5 Å². The maximum absolute atomic E-state index is 6.52. The molecule has 32 heavy (non-hydrogen) atoms. The molecule has 2 aromatic rings. The lowest BCUT2D eigenvalue weighted by Crippen LogP contribution is -2.47. The first kappa shape index (κ1) is 25.3. The van der Waals surface area contributed by atoms with Gasteiger partial charge in [-0.05, 0) is 97.5 Å². The minimum absolute atomic E-state index is 0.200. The molecule has 0 saturated carbocycles. The molecule has 0 aliphatic carbocycles. The van der Waals surface area contributed by atoms with Crippen LogP contribution in [0.4, 0.5) is 5.69 Å². The summed E-state index contributed by atoms with van der Waals surface area (Å²) < 4.78 is 6.52. The van der Waals surface area contributed by atoms with Crippen LogP contribution in [0.2, 0.25) is 18.1 Å². The third-order valence-electron chi connectivity index (χ3n) is 7.43. The molecule has 0 spiro atoms. The Bertz CT molecular complexity index is 809. The van der Waals surface area contributed by atoms with E-state index in [1.165, 1.54) is 24.1 Å². The van der Waals surface area contributed by atoms with Crippen LogP contribution in [0, 0.1) is 0 Å². The molecule has 0 radical (unpaired) electrons. The maximum atomic E-state index is 6.52. The van der Waals surface area contributed by atoms with E-state index in [4.69, 9.17) is 10.2 Å². The van der Waals surface area contributed by atoms with Gasteiger partial charge in [-0.2, -0.15) is 11.3 Å². The summed E-state index contributed by atoms with van der Waals surface area (Å²) in [5.74, 6) is 1.00. The fourth-order valence-corrected chi connectivity index (χ4v) is 5.92. The van der Waals surface area contributed by atoms with Crippen LogP contribution in [0.3, 0.4) is 0 Å².